The van der Waals surface area contributed by atoms with Gasteiger partial charge in [0.15, 0.2) is 0 Å². The van der Waals surface area contributed by atoms with E-state index in [9.17, 15) is 9.59 Å². The number of nitrogens with two attached hydrogens (primary N) is 1. The molecule has 6 nitrogen and oxygen atoms in total. The van der Waals surface area contributed by atoms with E-state index < -0.39 is 11.4 Å². The van der Waals surface area contributed by atoms with Gasteiger partial charge >= 0.3 is 5.97 Å². The maximum atomic E-state index is 11.8. The van der Waals surface area contributed by atoms with Crippen molar-refractivity contribution in [3.63, 3.8) is 0 Å². The van der Waals surface area contributed by atoms with Crippen LogP contribution >= 0.6 is 0 Å². The van der Waals surface area contributed by atoms with Crippen LogP contribution in [0.5, 0.6) is 0 Å². The third-order valence-corrected chi connectivity index (χ3v) is 2.71. The zero-order valence-corrected chi connectivity index (χ0v) is 10.5. The lowest BCUT2D eigenvalue weighted by atomic mass is 9.81. The SMILES string of the molecule is CCOC(=O)C(CC)(CN)CC(=O)NCCO. The number of hydrogen-bond acceptors (Lipinski definition) is 5. The zero-order chi connectivity index (χ0) is 13.3. The van der Waals surface area contributed by atoms with Gasteiger partial charge in [-0.15, -0.1) is 0 Å². The highest BCUT2D eigenvalue weighted by Gasteiger charge is 2.38. The number of carbonyl (C=O) groups is 2. The third-order valence-electron chi connectivity index (χ3n) is 2.71. The molecule has 0 aliphatic heterocycles. The van der Waals surface area contributed by atoms with Crippen molar-refractivity contribution in [1.82, 2.24) is 5.32 Å². The van der Waals surface area contributed by atoms with Crippen LogP contribution in [0.2, 0.25) is 0 Å². The highest BCUT2D eigenvalue weighted by atomic mass is 16.5. The summed E-state index contributed by atoms with van der Waals surface area (Å²) in [6, 6.07) is 0. The van der Waals surface area contributed by atoms with E-state index in [2.05, 4.69) is 5.32 Å². The molecular weight excluding hydrogens is 224 g/mol. The number of esters is 1. The molecule has 0 fully saturated rings. The van der Waals surface area contributed by atoms with E-state index in [4.69, 9.17) is 15.6 Å². The summed E-state index contributed by atoms with van der Waals surface area (Å²) < 4.78 is 4.95. The Bertz CT molecular complexity index is 252. The van der Waals surface area contributed by atoms with Gasteiger partial charge in [-0.25, -0.2) is 0 Å². The lowest BCUT2D eigenvalue weighted by Crippen LogP contribution is -2.44. The van der Waals surface area contributed by atoms with E-state index >= 15 is 0 Å². The number of hydrogen-bond donors (Lipinski definition) is 3. The molecule has 0 spiro atoms. The minimum Gasteiger partial charge on any atom is -0.466 e. The summed E-state index contributed by atoms with van der Waals surface area (Å²) >= 11 is 0. The highest BCUT2D eigenvalue weighted by molar-refractivity contribution is 5.86. The van der Waals surface area contributed by atoms with Gasteiger partial charge in [0.25, 0.3) is 0 Å². The first-order chi connectivity index (χ1) is 8.06. The number of aliphatic hydroxyl groups excluding tert-OH is 1. The van der Waals surface area contributed by atoms with Crippen molar-refractivity contribution in [2.45, 2.75) is 26.7 Å². The Balaban J connectivity index is 4.59. The van der Waals surface area contributed by atoms with Crippen molar-refractivity contribution in [2.24, 2.45) is 11.1 Å². The number of aliphatic hydroxyl groups is 1. The van der Waals surface area contributed by atoms with Crippen LogP contribution in [0.15, 0.2) is 0 Å². The molecule has 0 saturated heterocycles. The van der Waals surface area contributed by atoms with Gasteiger partial charge in [0.05, 0.1) is 18.6 Å². The number of nitrogens with one attached hydrogen (secondary N) is 1. The maximum Gasteiger partial charge on any atom is 0.313 e. The molecule has 0 bridgehead atoms. The monoisotopic (exact) mass is 246 g/mol. The molecule has 100 valence electrons. The molecule has 0 aromatic carbocycles. The average molecular weight is 246 g/mol. The van der Waals surface area contributed by atoms with E-state index in [-0.39, 0.29) is 38.6 Å². The van der Waals surface area contributed by atoms with Gasteiger partial charge in [0, 0.05) is 19.5 Å². The van der Waals surface area contributed by atoms with Gasteiger partial charge in [-0.2, -0.15) is 0 Å². The molecule has 17 heavy (non-hydrogen) atoms. The Kier molecular flexibility index (Phi) is 7.49. The third kappa shape index (κ3) is 4.70. The lowest BCUT2D eigenvalue weighted by molar-refractivity contribution is -0.157. The summed E-state index contributed by atoms with van der Waals surface area (Å²) in [5, 5.41) is 11.1. The Morgan fingerprint density at radius 1 is 1.41 bits per heavy atom. The van der Waals surface area contributed by atoms with Gasteiger partial charge < -0.3 is 20.9 Å². The molecule has 0 radical (unpaired) electrons. The smallest absolute Gasteiger partial charge is 0.313 e. The van der Waals surface area contributed by atoms with E-state index in [0.29, 0.717) is 6.42 Å². The quantitative estimate of drug-likeness (QED) is 0.497. The van der Waals surface area contributed by atoms with Gasteiger partial charge in [-0.1, -0.05) is 6.92 Å². The van der Waals surface area contributed by atoms with Crippen LogP contribution in [0.25, 0.3) is 0 Å². The largest absolute Gasteiger partial charge is 0.466 e. The summed E-state index contributed by atoms with van der Waals surface area (Å²) in [5.74, 6) is -0.747. The Labute approximate surface area is 102 Å². The minimum absolute atomic E-state index is 0.0150. The second-order valence-corrected chi connectivity index (χ2v) is 3.81. The van der Waals surface area contributed by atoms with E-state index in [1.54, 1.807) is 13.8 Å². The van der Waals surface area contributed by atoms with Crippen LogP contribution in [0.4, 0.5) is 0 Å². The second kappa shape index (κ2) is 8.03. The van der Waals surface area contributed by atoms with Gasteiger partial charge in [0.2, 0.25) is 5.91 Å². The van der Waals surface area contributed by atoms with E-state index in [0.717, 1.165) is 0 Å². The molecule has 6 heteroatoms. The van der Waals surface area contributed by atoms with Gasteiger partial charge in [-0.3, -0.25) is 9.59 Å². The minimum atomic E-state index is -0.963. The van der Waals surface area contributed by atoms with Crippen molar-refractivity contribution >= 4 is 11.9 Å². The molecule has 0 saturated carbocycles. The molecule has 1 atom stereocenters. The molecule has 0 aliphatic rings. The first kappa shape index (κ1) is 15.9. The standard InChI is InChI=1S/C11H22N2O4/c1-3-11(8-12,10(16)17-4-2)7-9(15)13-5-6-14/h14H,3-8,12H2,1-2H3,(H,13,15). The van der Waals surface area contributed by atoms with Crippen LogP contribution in [-0.4, -0.2) is 43.3 Å². The zero-order valence-electron chi connectivity index (χ0n) is 10.5. The van der Waals surface area contributed by atoms with Crippen molar-refractivity contribution in [3.05, 3.63) is 0 Å². The summed E-state index contributed by atoms with van der Waals surface area (Å²) in [5.41, 5.74) is 4.63. The van der Waals surface area contributed by atoms with Crippen molar-refractivity contribution in [3.8, 4) is 0 Å². The van der Waals surface area contributed by atoms with E-state index in [1.807, 2.05) is 0 Å². The predicted molar refractivity (Wildman–Crippen MR) is 63.1 cm³/mol. The fraction of sp³-hybridized carbons (Fsp3) is 0.818. The number of amides is 1. The Morgan fingerprint density at radius 3 is 2.47 bits per heavy atom. The first-order valence-corrected chi connectivity index (χ1v) is 5.81. The van der Waals surface area contributed by atoms with Crippen LogP contribution in [0.1, 0.15) is 26.7 Å². The number of rotatable bonds is 8. The molecular formula is C11H22N2O4. The molecule has 0 aliphatic carbocycles. The average Bonchev–Trinajstić information content (AvgIpc) is 2.33. The summed E-state index contributed by atoms with van der Waals surface area (Å²) in [6.07, 6.45) is 0.424. The fourth-order valence-corrected chi connectivity index (χ4v) is 1.49. The molecule has 0 aromatic heterocycles. The van der Waals surface area contributed by atoms with Crippen LogP contribution in [0, 0.1) is 5.41 Å². The number of carbonyl (C=O) groups excluding carboxylic acids is 2. The van der Waals surface area contributed by atoms with Crippen molar-refractivity contribution in [2.75, 3.05) is 26.3 Å². The molecule has 0 aromatic rings. The summed E-state index contributed by atoms with van der Waals surface area (Å²) in [7, 11) is 0. The summed E-state index contributed by atoms with van der Waals surface area (Å²) in [6.45, 7) is 3.87. The van der Waals surface area contributed by atoms with Crippen molar-refractivity contribution < 1.29 is 19.4 Å². The molecule has 1 amide bonds. The normalized spacial score (nSPS) is 13.9. The van der Waals surface area contributed by atoms with Crippen LogP contribution in [-0.2, 0) is 14.3 Å². The Morgan fingerprint density at radius 2 is 2.06 bits per heavy atom. The van der Waals surface area contributed by atoms with Gasteiger partial charge in [-0.05, 0) is 13.3 Å². The molecule has 4 N–H and O–H groups in total. The fourth-order valence-electron chi connectivity index (χ4n) is 1.49. The van der Waals surface area contributed by atoms with Crippen molar-refractivity contribution in [1.29, 1.82) is 0 Å². The maximum absolute atomic E-state index is 11.8. The predicted octanol–water partition coefficient (Wildman–Crippen LogP) is -0.597. The summed E-state index contributed by atoms with van der Waals surface area (Å²) in [4.78, 5) is 23.4. The topological polar surface area (TPSA) is 102 Å². The van der Waals surface area contributed by atoms with Crippen LogP contribution in [0.3, 0.4) is 0 Å². The lowest BCUT2D eigenvalue weighted by Gasteiger charge is -2.28. The second-order valence-electron chi connectivity index (χ2n) is 3.81. The van der Waals surface area contributed by atoms with Gasteiger partial charge in [0.1, 0.15) is 0 Å². The van der Waals surface area contributed by atoms with Crippen LogP contribution < -0.4 is 11.1 Å². The molecule has 0 rings (SSSR count). The first-order valence-electron chi connectivity index (χ1n) is 5.81. The van der Waals surface area contributed by atoms with E-state index in [1.165, 1.54) is 0 Å². The Hall–Kier alpha value is -1.14. The number of ether oxygens (including phenoxy) is 1. The highest BCUT2D eigenvalue weighted by Crippen LogP contribution is 2.27. The molecule has 0 heterocycles. The molecule has 1 unspecified atom stereocenters.